The number of aromatic nitrogens is 1. The highest BCUT2D eigenvalue weighted by molar-refractivity contribution is 5.83. The topological polar surface area (TPSA) is 53.7 Å². The molecular weight excluding hydrogens is 188 g/mol. The van der Waals surface area contributed by atoms with E-state index in [1.165, 1.54) is 16.5 Å². The van der Waals surface area contributed by atoms with Gasteiger partial charge in [0.05, 0.1) is 0 Å². The van der Waals surface area contributed by atoms with E-state index >= 15 is 0 Å². The highest BCUT2D eigenvalue weighted by Gasteiger charge is 2.02. The first kappa shape index (κ1) is 9.62. The number of nitrogens with zero attached hydrogens (tertiary/aromatic N) is 4. The van der Waals surface area contributed by atoms with Crippen LogP contribution in [-0.2, 0) is 6.54 Å². The molecule has 0 aliphatic rings. The van der Waals surface area contributed by atoms with E-state index in [4.69, 9.17) is 5.53 Å². The molecular formula is C11H12N4. The van der Waals surface area contributed by atoms with Crippen molar-refractivity contribution in [1.82, 2.24) is 4.57 Å². The maximum Gasteiger partial charge on any atom is 0.0483 e. The summed E-state index contributed by atoms with van der Waals surface area (Å²) in [5, 5.41) is 4.81. The molecule has 0 radical (unpaired) electrons. The number of azide groups is 1. The van der Waals surface area contributed by atoms with Crippen LogP contribution in [0.3, 0.4) is 0 Å². The molecule has 2 rings (SSSR count). The number of aryl methyl sites for hydroxylation is 1. The van der Waals surface area contributed by atoms with Gasteiger partial charge >= 0.3 is 0 Å². The number of benzene rings is 1. The molecule has 1 aromatic heterocycles. The number of para-hydroxylation sites is 1. The number of hydrogen-bond acceptors (Lipinski definition) is 1. The number of hydrogen-bond donors (Lipinski definition) is 0. The summed E-state index contributed by atoms with van der Waals surface area (Å²) in [5.41, 5.74) is 10.7. The van der Waals surface area contributed by atoms with Crippen LogP contribution in [0.2, 0.25) is 0 Å². The molecule has 15 heavy (non-hydrogen) atoms. The average Bonchev–Trinajstić information content (AvgIpc) is 2.58. The fourth-order valence-electron chi connectivity index (χ4n) is 1.81. The van der Waals surface area contributed by atoms with Gasteiger partial charge in [-0.25, -0.2) is 0 Å². The van der Waals surface area contributed by atoms with Crippen molar-refractivity contribution in [1.29, 1.82) is 0 Å². The summed E-state index contributed by atoms with van der Waals surface area (Å²) in [6.07, 6.45) is 2.09. The third kappa shape index (κ3) is 1.80. The zero-order chi connectivity index (χ0) is 10.7. The van der Waals surface area contributed by atoms with Crippen LogP contribution in [-0.4, -0.2) is 11.1 Å². The Morgan fingerprint density at radius 3 is 3.00 bits per heavy atom. The van der Waals surface area contributed by atoms with Gasteiger partial charge in [0.25, 0.3) is 0 Å². The smallest absolute Gasteiger partial charge is 0.0483 e. The average molecular weight is 200 g/mol. The van der Waals surface area contributed by atoms with E-state index in [0.29, 0.717) is 6.54 Å². The molecule has 0 aliphatic carbocycles. The van der Waals surface area contributed by atoms with Crippen LogP contribution < -0.4 is 0 Å². The zero-order valence-corrected chi connectivity index (χ0v) is 8.59. The summed E-state index contributed by atoms with van der Waals surface area (Å²) in [6, 6.07) is 8.24. The molecule has 0 saturated heterocycles. The minimum atomic E-state index is 0.495. The quantitative estimate of drug-likeness (QED) is 0.415. The normalized spacial score (nSPS) is 10.2. The maximum atomic E-state index is 8.21. The Hall–Kier alpha value is -1.93. The Morgan fingerprint density at radius 1 is 1.40 bits per heavy atom. The molecule has 0 saturated carbocycles. The van der Waals surface area contributed by atoms with Crippen LogP contribution in [0.5, 0.6) is 0 Å². The van der Waals surface area contributed by atoms with Crippen LogP contribution >= 0.6 is 0 Å². The summed E-state index contributed by atoms with van der Waals surface area (Å²) in [5.74, 6) is 0. The molecule has 4 heteroatoms. The Kier molecular flexibility index (Phi) is 2.61. The molecule has 2 aromatic rings. The summed E-state index contributed by atoms with van der Waals surface area (Å²) >= 11 is 0. The second-order valence-electron chi connectivity index (χ2n) is 3.48. The van der Waals surface area contributed by atoms with E-state index in [-0.39, 0.29) is 0 Å². The van der Waals surface area contributed by atoms with Crippen molar-refractivity contribution in [3.05, 3.63) is 46.5 Å². The molecule has 76 valence electrons. The predicted octanol–water partition coefficient (Wildman–Crippen LogP) is 3.26. The highest BCUT2D eigenvalue weighted by Crippen LogP contribution is 2.19. The van der Waals surface area contributed by atoms with Crippen LogP contribution in [0.25, 0.3) is 21.3 Å². The minimum absolute atomic E-state index is 0.495. The maximum absolute atomic E-state index is 8.21. The van der Waals surface area contributed by atoms with Gasteiger partial charge in [-0.2, -0.15) is 0 Å². The van der Waals surface area contributed by atoms with Crippen LogP contribution in [0, 0.1) is 6.92 Å². The fourth-order valence-corrected chi connectivity index (χ4v) is 1.81. The van der Waals surface area contributed by atoms with Gasteiger partial charge in [0.15, 0.2) is 0 Å². The lowest BCUT2D eigenvalue weighted by Crippen LogP contribution is -1.98. The van der Waals surface area contributed by atoms with Gasteiger partial charge in [-0.1, -0.05) is 23.3 Å². The van der Waals surface area contributed by atoms with Crippen molar-refractivity contribution in [3.8, 4) is 0 Å². The zero-order valence-electron chi connectivity index (χ0n) is 8.59. The van der Waals surface area contributed by atoms with E-state index < -0.39 is 0 Å². The van der Waals surface area contributed by atoms with Crippen molar-refractivity contribution in [3.63, 3.8) is 0 Å². The first-order valence-electron chi connectivity index (χ1n) is 4.88. The summed E-state index contributed by atoms with van der Waals surface area (Å²) in [6.45, 7) is 3.32. The molecule has 1 heterocycles. The second kappa shape index (κ2) is 4.07. The molecule has 1 aromatic carbocycles. The number of rotatable bonds is 3. The minimum Gasteiger partial charge on any atom is -0.347 e. The standard InChI is InChI=1S/C11H12N4/c1-9-8-15(7-6-13-14-12)11-5-3-2-4-10(9)11/h2-5,8H,6-7H2,1H3. The van der Waals surface area contributed by atoms with Crippen molar-refractivity contribution in [2.24, 2.45) is 5.11 Å². The van der Waals surface area contributed by atoms with Gasteiger partial charge in [0.1, 0.15) is 0 Å². The van der Waals surface area contributed by atoms with Crippen molar-refractivity contribution < 1.29 is 0 Å². The van der Waals surface area contributed by atoms with Crippen molar-refractivity contribution in [2.45, 2.75) is 13.5 Å². The lowest BCUT2D eigenvalue weighted by atomic mass is 10.2. The molecule has 0 bridgehead atoms. The summed E-state index contributed by atoms with van der Waals surface area (Å²) in [7, 11) is 0. The van der Waals surface area contributed by atoms with Crippen molar-refractivity contribution in [2.75, 3.05) is 6.54 Å². The largest absolute Gasteiger partial charge is 0.347 e. The van der Waals surface area contributed by atoms with Gasteiger partial charge in [0, 0.05) is 35.1 Å². The second-order valence-corrected chi connectivity index (χ2v) is 3.48. The summed E-state index contributed by atoms with van der Waals surface area (Å²) < 4.78 is 2.12. The lowest BCUT2D eigenvalue weighted by molar-refractivity contribution is 0.731. The van der Waals surface area contributed by atoms with Gasteiger partial charge in [0.2, 0.25) is 0 Å². The summed E-state index contributed by atoms with van der Waals surface area (Å²) in [4.78, 5) is 2.75. The fraction of sp³-hybridized carbons (Fsp3) is 0.273. The molecule has 0 spiro atoms. The van der Waals surface area contributed by atoms with Gasteiger partial charge < -0.3 is 4.57 Å². The Bertz CT molecular complexity index is 520. The molecule has 0 N–H and O–H groups in total. The predicted molar refractivity (Wildman–Crippen MR) is 60.7 cm³/mol. The first-order chi connectivity index (χ1) is 7.33. The van der Waals surface area contributed by atoms with Gasteiger partial charge in [-0.3, -0.25) is 0 Å². The van der Waals surface area contributed by atoms with Crippen molar-refractivity contribution >= 4 is 10.9 Å². The highest BCUT2D eigenvalue weighted by atomic mass is 15.1. The Morgan fingerprint density at radius 2 is 2.20 bits per heavy atom. The van der Waals surface area contributed by atoms with E-state index in [0.717, 1.165) is 6.54 Å². The third-order valence-corrected chi connectivity index (χ3v) is 2.49. The molecule has 4 nitrogen and oxygen atoms in total. The van der Waals surface area contributed by atoms with Crippen LogP contribution in [0.15, 0.2) is 35.6 Å². The van der Waals surface area contributed by atoms with Gasteiger partial charge in [-0.15, -0.1) is 0 Å². The first-order valence-corrected chi connectivity index (χ1v) is 4.88. The Labute approximate surface area is 87.8 Å². The molecule has 0 fully saturated rings. The van der Waals surface area contributed by atoms with Gasteiger partial charge in [-0.05, 0) is 24.1 Å². The van der Waals surface area contributed by atoms with Crippen LogP contribution in [0.1, 0.15) is 5.56 Å². The van der Waals surface area contributed by atoms with E-state index in [1.807, 2.05) is 12.1 Å². The molecule has 0 unspecified atom stereocenters. The lowest BCUT2D eigenvalue weighted by Gasteiger charge is -2.01. The third-order valence-electron chi connectivity index (χ3n) is 2.49. The van der Waals surface area contributed by atoms with Crippen LogP contribution in [0.4, 0.5) is 0 Å². The SMILES string of the molecule is Cc1cn(CCN=[N+]=[N-])c2ccccc12. The monoisotopic (exact) mass is 200 g/mol. The Balaban J connectivity index is 2.39. The molecule has 0 amide bonds. The van der Waals surface area contributed by atoms with E-state index in [9.17, 15) is 0 Å². The van der Waals surface area contributed by atoms with E-state index in [2.05, 4.69) is 39.8 Å². The molecule has 0 aliphatic heterocycles. The number of fused-ring (bicyclic) bond motifs is 1. The van der Waals surface area contributed by atoms with E-state index in [1.54, 1.807) is 0 Å². The molecule has 0 atom stereocenters.